The molecule has 6 nitrogen and oxygen atoms in total. The van der Waals surface area contributed by atoms with Gasteiger partial charge in [0.15, 0.2) is 0 Å². The molecule has 2 aromatic rings. The van der Waals surface area contributed by atoms with Crippen molar-refractivity contribution in [2.45, 2.75) is 24.4 Å². The van der Waals surface area contributed by atoms with Gasteiger partial charge in [-0.2, -0.15) is 0 Å². The summed E-state index contributed by atoms with van der Waals surface area (Å²) in [6, 6.07) is 9.80. The van der Waals surface area contributed by atoms with Crippen LogP contribution in [0.4, 0.5) is 5.69 Å². The van der Waals surface area contributed by atoms with Crippen LogP contribution in [-0.4, -0.2) is 43.9 Å². The number of anilines is 1. The van der Waals surface area contributed by atoms with E-state index < -0.39 is 5.41 Å². The maximum Gasteiger partial charge on any atom is 0.245 e. The minimum absolute atomic E-state index is 0.0428. The summed E-state index contributed by atoms with van der Waals surface area (Å²) in [4.78, 5) is 19.8. The third-order valence-electron chi connectivity index (χ3n) is 5.63. The Bertz CT molecular complexity index is 878. The van der Waals surface area contributed by atoms with Crippen molar-refractivity contribution < 1.29 is 19.0 Å². The van der Waals surface area contributed by atoms with E-state index in [1.54, 1.807) is 13.3 Å². The van der Waals surface area contributed by atoms with E-state index in [0.717, 1.165) is 36.3 Å². The van der Waals surface area contributed by atoms with Crippen LogP contribution in [0.1, 0.15) is 24.0 Å². The number of benzene rings is 1. The largest absolute Gasteiger partial charge is 0.490 e. The molecule has 0 radical (unpaired) electrons. The standard InChI is InChI=1S/C20H20N2O4/c1-24-18-9-15-17(10-21-18)26-12-20(15)14-6-2-3-7-16(14)22(19(20)23)11-13-5-4-8-25-13/h2-3,6-7,9-10,13H,4-5,8,11-12H2,1H3. The van der Waals surface area contributed by atoms with Crippen molar-refractivity contribution in [2.24, 2.45) is 0 Å². The fourth-order valence-electron chi connectivity index (χ4n) is 4.35. The zero-order valence-corrected chi connectivity index (χ0v) is 14.6. The molecule has 1 fully saturated rings. The van der Waals surface area contributed by atoms with Crippen LogP contribution in [-0.2, 0) is 14.9 Å². The van der Waals surface area contributed by atoms with Gasteiger partial charge in [0.05, 0.1) is 26.0 Å². The van der Waals surface area contributed by atoms with Crippen LogP contribution in [0.2, 0.25) is 0 Å². The molecule has 26 heavy (non-hydrogen) atoms. The van der Waals surface area contributed by atoms with Gasteiger partial charge in [0.2, 0.25) is 11.8 Å². The summed E-state index contributed by atoms with van der Waals surface area (Å²) >= 11 is 0. The molecule has 2 unspecified atom stereocenters. The van der Waals surface area contributed by atoms with Crippen molar-refractivity contribution in [3.63, 3.8) is 0 Å². The molecule has 4 heterocycles. The first-order valence-electron chi connectivity index (χ1n) is 8.94. The van der Waals surface area contributed by atoms with E-state index in [9.17, 15) is 4.79 Å². The number of carbonyl (C=O) groups excluding carboxylic acids is 1. The lowest BCUT2D eigenvalue weighted by molar-refractivity contribution is -0.122. The minimum atomic E-state index is -0.833. The molecule has 0 saturated carbocycles. The van der Waals surface area contributed by atoms with E-state index in [1.165, 1.54) is 0 Å². The molecule has 5 rings (SSSR count). The van der Waals surface area contributed by atoms with Crippen molar-refractivity contribution in [1.82, 2.24) is 4.98 Å². The van der Waals surface area contributed by atoms with Gasteiger partial charge in [0.1, 0.15) is 17.8 Å². The van der Waals surface area contributed by atoms with Crippen LogP contribution >= 0.6 is 0 Å². The van der Waals surface area contributed by atoms with E-state index in [1.807, 2.05) is 35.2 Å². The van der Waals surface area contributed by atoms with Crippen LogP contribution < -0.4 is 14.4 Å². The van der Waals surface area contributed by atoms with Gasteiger partial charge in [-0.1, -0.05) is 18.2 Å². The SMILES string of the molecule is COc1cc2c(cn1)OCC21C(=O)N(CC2CCCO2)c2ccccc21. The molecule has 1 spiro atoms. The number of amides is 1. The highest BCUT2D eigenvalue weighted by Gasteiger charge is 2.57. The van der Waals surface area contributed by atoms with Crippen molar-refractivity contribution in [3.05, 3.63) is 47.7 Å². The number of rotatable bonds is 3. The van der Waals surface area contributed by atoms with E-state index in [0.29, 0.717) is 18.2 Å². The van der Waals surface area contributed by atoms with E-state index in [2.05, 4.69) is 4.98 Å². The number of nitrogens with zero attached hydrogens (tertiary/aromatic N) is 2. The number of methoxy groups -OCH3 is 1. The lowest BCUT2D eigenvalue weighted by Gasteiger charge is -2.24. The van der Waals surface area contributed by atoms with Crippen molar-refractivity contribution in [3.8, 4) is 11.6 Å². The molecule has 1 amide bonds. The summed E-state index contributed by atoms with van der Waals surface area (Å²) in [6.45, 7) is 1.64. The number of fused-ring (bicyclic) bond motifs is 4. The average Bonchev–Trinajstić information content (AvgIpc) is 3.38. The van der Waals surface area contributed by atoms with Gasteiger partial charge < -0.3 is 19.1 Å². The molecule has 134 valence electrons. The van der Waals surface area contributed by atoms with Gasteiger partial charge >= 0.3 is 0 Å². The van der Waals surface area contributed by atoms with Crippen molar-refractivity contribution in [2.75, 3.05) is 31.8 Å². The lowest BCUT2D eigenvalue weighted by Crippen LogP contribution is -2.44. The van der Waals surface area contributed by atoms with Crippen LogP contribution in [0.3, 0.4) is 0 Å². The van der Waals surface area contributed by atoms with E-state index >= 15 is 0 Å². The number of ether oxygens (including phenoxy) is 3. The van der Waals surface area contributed by atoms with Crippen LogP contribution in [0, 0.1) is 0 Å². The molecule has 3 aliphatic rings. The second-order valence-corrected chi connectivity index (χ2v) is 6.98. The molecule has 0 N–H and O–H groups in total. The summed E-state index contributed by atoms with van der Waals surface area (Å²) in [7, 11) is 1.57. The zero-order valence-electron chi connectivity index (χ0n) is 14.6. The second kappa shape index (κ2) is 5.71. The Labute approximate surface area is 151 Å². The maximum absolute atomic E-state index is 13.7. The third-order valence-corrected chi connectivity index (χ3v) is 5.63. The average molecular weight is 352 g/mol. The second-order valence-electron chi connectivity index (χ2n) is 6.98. The highest BCUT2D eigenvalue weighted by atomic mass is 16.5. The fourth-order valence-corrected chi connectivity index (χ4v) is 4.35. The lowest BCUT2D eigenvalue weighted by atomic mass is 9.77. The molecule has 1 aromatic carbocycles. The molecule has 2 atom stereocenters. The Kier molecular flexibility index (Phi) is 3.43. The van der Waals surface area contributed by atoms with Gasteiger partial charge in [-0.05, 0) is 24.5 Å². The fraction of sp³-hybridized carbons (Fsp3) is 0.400. The smallest absolute Gasteiger partial charge is 0.245 e. The van der Waals surface area contributed by atoms with Crippen LogP contribution in [0.25, 0.3) is 0 Å². The molecular weight excluding hydrogens is 332 g/mol. The van der Waals surface area contributed by atoms with Gasteiger partial charge in [0.25, 0.3) is 0 Å². The van der Waals surface area contributed by atoms with E-state index in [-0.39, 0.29) is 18.6 Å². The molecule has 0 aliphatic carbocycles. The number of aromatic nitrogens is 1. The van der Waals surface area contributed by atoms with Crippen LogP contribution in [0.5, 0.6) is 11.6 Å². The Balaban J connectivity index is 1.64. The summed E-state index contributed by atoms with van der Waals surface area (Å²) in [5, 5.41) is 0. The molecule has 0 bridgehead atoms. The number of hydrogen-bond donors (Lipinski definition) is 0. The molecule has 3 aliphatic heterocycles. The summed E-state index contributed by atoms with van der Waals surface area (Å²) < 4.78 is 17.0. The highest BCUT2D eigenvalue weighted by Crippen LogP contribution is 2.52. The maximum atomic E-state index is 13.7. The Hall–Kier alpha value is -2.60. The predicted octanol–water partition coefficient (Wildman–Crippen LogP) is 2.29. The number of hydrogen-bond acceptors (Lipinski definition) is 5. The van der Waals surface area contributed by atoms with Gasteiger partial charge in [-0.15, -0.1) is 0 Å². The number of carbonyl (C=O) groups is 1. The monoisotopic (exact) mass is 352 g/mol. The molecule has 1 saturated heterocycles. The molecule has 1 aromatic heterocycles. The molecular formula is C20H20N2O4. The normalized spacial score (nSPS) is 26.1. The van der Waals surface area contributed by atoms with Crippen LogP contribution in [0.15, 0.2) is 36.5 Å². The summed E-state index contributed by atoms with van der Waals surface area (Å²) in [5.41, 5.74) is 1.92. The number of para-hydroxylation sites is 1. The Morgan fingerprint density at radius 2 is 2.23 bits per heavy atom. The van der Waals surface area contributed by atoms with Gasteiger partial charge in [-0.25, -0.2) is 4.98 Å². The summed E-state index contributed by atoms with van der Waals surface area (Å²) in [6.07, 6.45) is 3.77. The van der Waals surface area contributed by atoms with Gasteiger partial charge in [0, 0.05) is 23.9 Å². The van der Waals surface area contributed by atoms with Crippen molar-refractivity contribution in [1.29, 1.82) is 0 Å². The summed E-state index contributed by atoms with van der Waals surface area (Å²) in [5.74, 6) is 1.17. The highest BCUT2D eigenvalue weighted by molar-refractivity contribution is 6.11. The Morgan fingerprint density at radius 1 is 1.35 bits per heavy atom. The van der Waals surface area contributed by atoms with Crippen molar-refractivity contribution >= 4 is 11.6 Å². The minimum Gasteiger partial charge on any atom is -0.490 e. The number of pyridine rings is 1. The third kappa shape index (κ3) is 2.02. The van der Waals surface area contributed by atoms with Gasteiger partial charge in [-0.3, -0.25) is 4.79 Å². The first kappa shape index (κ1) is 15.6. The van der Waals surface area contributed by atoms with E-state index in [4.69, 9.17) is 14.2 Å². The zero-order chi connectivity index (χ0) is 17.7. The molecule has 6 heteroatoms. The quantitative estimate of drug-likeness (QED) is 0.848. The first-order chi connectivity index (χ1) is 12.7. The first-order valence-corrected chi connectivity index (χ1v) is 8.94. The predicted molar refractivity (Wildman–Crippen MR) is 94.8 cm³/mol. The Morgan fingerprint density at radius 3 is 3.04 bits per heavy atom. The topological polar surface area (TPSA) is 60.9 Å².